The number of likely N-dealkylation sites (N-methyl/N-ethyl adjacent to an activating group) is 1. The number of nitrogens with one attached hydrogen (secondary N) is 1. The van der Waals surface area contributed by atoms with Gasteiger partial charge >= 0.3 is 0 Å². The van der Waals surface area contributed by atoms with Crippen LogP contribution >= 0.6 is 0 Å². The summed E-state index contributed by atoms with van der Waals surface area (Å²) < 4.78 is 25.1. The number of ether oxygens (including phenoxy) is 2. The summed E-state index contributed by atoms with van der Waals surface area (Å²) in [4.78, 5) is 0. The van der Waals surface area contributed by atoms with E-state index in [1.165, 1.54) is 17.7 Å². The van der Waals surface area contributed by atoms with Crippen LogP contribution in [0.4, 0.5) is 4.39 Å². The second-order valence-electron chi connectivity index (χ2n) is 7.04. The third kappa shape index (κ3) is 3.60. The summed E-state index contributed by atoms with van der Waals surface area (Å²) in [6.07, 6.45) is 1.87. The van der Waals surface area contributed by atoms with E-state index in [1.54, 1.807) is 19.2 Å². The smallest absolute Gasteiger partial charge is 0.164 e. The fraction of sp³-hybridized carbons (Fsp3) is 0.250. The molecule has 0 spiro atoms. The first-order chi connectivity index (χ1) is 13.7. The Labute approximate surface area is 165 Å². The van der Waals surface area contributed by atoms with E-state index in [0.717, 1.165) is 41.0 Å². The molecule has 0 radical (unpaired) electrons. The molecule has 0 fully saturated rings. The van der Waals surface area contributed by atoms with Crippen LogP contribution in [0.25, 0.3) is 11.1 Å². The molecule has 0 amide bonds. The van der Waals surface area contributed by atoms with Crippen molar-refractivity contribution in [2.24, 2.45) is 0 Å². The fourth-order valence-corrected chi connectivity index (χ4v) is 3.92. The van der Waals surface area contributed by atoms with Crippen molar-refractivity contribution < 1.29 is 13.9 Å². The van der Waals surface area contributed by atoms with Crippen molar-refractivity contribution in [3.05, 3.63) is 83.7 Å². The zero-order valence-electron chi connectivity index (χ0n) is 16.1. The van der Waals surface area contributed by atoms with Gasteiger partial charge in [0.05, 0.1) is 13.2 Å². The molecule has 3 nitrogen and oxygen atoms in total. The molecule has 0 saturated heterocycles. The van der Waals surface area contributed by atoms with Crippen LogP contribution in [0.5, 0.6) is 11.5 Å². The predicted octanol–water partition coefficient (Wildman–Crippen LogP) is 5.16. The van der Waals surface area contributed by atoms with Gasteiger partial charge in [-0.1, -0.05) is 42.5 Å². The van der Waals surface area contributed by atoms with Gasteiger partial charge in [0.2, 0.25) is 0 Å². The summed E-state index contributed by atoms with van der Waals surface area (Å²) in [7, 11) is 3.63. The third-order valence-electron chi connectivity index (χ3n) is 5.35. The summed E-state index contributed by atoms with van der Waals surface area (Å²) in [6, 6.07) is 21.0. The summed E-state index contributed by atoms with van der Waals surface area (Å²) in [5, 5.41) is 3.42. The van der Waals surface area contributed by atoms with Crippen molar-refractivity contribution in [1.29, 1.82) is 0 Å². The lowest BCUT2D eigenvalue weighted by atomic mass is 9.91. The Hall–Kier alpha value is -2.85. The zero-order chi connectivity index (χ0) is 19.5. The number of hydrogen-bond acceptors (Lipinski definition) is 3. The monoisotopic (exact) mass is 377 g/mol. The maximum atomic E-state index is 13.3. The molecule has 3 aromatic rings. The second kappa shape index (κ2) is 8.03. The lowest BCUT2D eigenvalue weighted by molar-refractivity contribution is 0.127. The highest BCUT2D eigenvalue weighted by Crippen LogP contribution is 2.39. The molecule has 0 saturated carbocycles. The maximum absolute atomic E-state index is 13.3. The van der Waals surface area contributed by atoms with Gasteiger partial charge in [0.25, 0.3) is 0 Å². The summed E-state index contributed by atoms with van der Waals surface area (Å²) in [6.45, 7) is 0. The number of benzene rings is 3. The molecule has 3 aromatic carbocycles. The SMILES string of the molecule is CNC(c1cccc(-c2ccc(F)cc2)c1)[C@@H]1CCc2cccc(OC)c2O1. The van der Waals surface area contributed by atoms with Gasteiger partial charge in [-0.25, -0.2) is 4.39 Å². The molecule has 1 unspecified atom stereocenters. The highest BCUT2D eigenvalue weighted by atomic mass is 19.1. The van der Waals surface area contributed by atoms with Gasteiger partial charge in [-0.15, -0.1) is 0 Å². The lowest BCUT2D eigenvalue weighted by Crippen LogP contribution is -2.36. The average molecular weight is 377 g/mol. The van der Waals surface area contributed by atoms with Crippen LogP contribution < -0.4 is 14.8 Å². The Morgan fingerprint density at radius 1 is 1.04 bits per heavy atom. The van der Waals surface area contributed by atoms with Gasteiger partial charge in [0.15, 0.2) is 11.5 Å². The van der Waals surface area contributed by atoms with E-state index < -0.39 is 0 Å². The van der Waals surface area contributed by atoms with E-state index in [0.29, 0.717) is 0 Å². The Morgan fingerprint density at radius 3 is 2.57 bits per heavy atom. The molecule has 2 atom stereocenters. The molecule has 0 bridgehead atoms. The van der Waals surface area contributed by atoms with Gasteiger partial charge in [0.1, 0.15) is 11.9 Å². The first-order valence-corrected chi connectivity index (χ1v) is 9.55. The van der Waals surface area contributed by atoms with E-state index in [4.69, 9.17) is 9.47 Å². The molecule has 1 heterocycles. The summed E-state index contributed by atoms with van der Waals surface area (Å²) in [5.74, 6) is 1.39. The number of para-hydroxylation sites is 1. The first kappa shape index (κ1) is 18.5. The molecule has 0 aliphatic carbocycles. The van der Waals surface area contributed by atoms with Crippen LogP contribution in [0.15, 0.2) is 66.7 Å². The first-order valence-electron chi connectivity index (χ1n) is 9.55. The van der Waals surface area contributed by atoms with Crippen LogP contribution in [-0.4, -0.2) is 20.3 Å². The number of fused-ring (bicyclic) bond motifs is 1. The third-order valence-corrected chi connectivity index (χ3v) is 5.35. The van der Waals surface area contributed by atoms with Gasteiger partial charge in [-0.2, -0.15) is 0 Å². The lowest BCUT2D eigenvalue weighted by Gasteiger charge is -2.33. The largest absolute Gasteiger partial charge is 0.493 e. The van der Waals surface area contributed by atoms with Gasteiger partial charge < -0.3 is 14.8 Å². The van der Waals surface area contributed by atoms with Crippen molar-refractivity contribution in [2.45, 2.75) is 25.0 Å². The van der Waals surface area contributed by atoms with E-state index in [2.05, 4.69) is 23.5 Å². The number of hydrogen-bond donors (Lipinski definition) is 1. The Bertz CT molecular complexity index is 941. The van der Waals surface area contributed by atoms with Gasteiger partial charge in [-0.3, -0.25) is 0 Å². The topological polar surface area (TPSA) is 30.5 Å². The van der Waals surface area contributed by atoms with Crippen LogP contribution in [0.3, 0.4) is 0 Å². The predicted molar refractivity (Wildman–Crippen MR) is 109 cm³/mol. The number of aryl methyl sites for hydroxylation is 1. The molecule has 0 aromatic heterocycles. The van der Waals surface area contributed by atoms with Crippen LogP contribution in [0.1, 0.15) is 23.6 Å². The minimum Gasteiger partial charge on any atom is -0.493 e. The van der Waals surface area contributed by atoms with Crippen LogP contribution in [0.2, 0.25) is 0 Å². The molecule has 4 rings (SSSR count). The summed E-state index contributed by atoms with van der Waals surface area (Å²) in [5.41, 5.74) is 4.39. The van der Waals surface area contributed by atoms with E-state index in [1.807, 2.05) is 31.3 Å². The molecule has 28 heavy (non-hydrogen) atoms. The van der Waals surface area contributed by atoms with Crippen molar-refractivity contribution in [2.75, 3.05) is 14.2 Å². The minimum atomic E-state index is -0.226. The van der Waals surface area contributed by atoms with Crippen LogP contribution in [0, 0.1) is 5.82 Å². The quantitative estimate of drug-likeness (QED) is 0.667. The fourth-order valence-electron chi connectivity index (χ4n) is 3.92. The molecule has 1 aliphatic rings. The molecule has 4 heteroatoms. The van der Waals surface area contributed by atoms with E-state index in [9.17, 15) is 4.39 Å². The second-order valence-corrected chi connectivity index (χ2v) is 7.04. The molecule has 144 valence electrons. The number of halogens is 1. The Morgan fingerprint density at radius 2 is 1.82 bits per heavy atom. The molecule has 1 N–H and O–H groups in total. The molecule has 1 aliphatic heterocycles. The van der Waals surface area contributed by atoms with Gasteiger partial charge in [-0.05, 0) is 66.4 Å². The Balaban J connectivity index is 1.63. The maximum Gasteiger partial charge on any atom is 0.164 e. The zero-order valence-corrected chi connectivity index (χ0v) is 16.1. The number of methoxy groups -OCH3 is 1. The Kier molecular flexibility index (Phi) is 5.31. The van der Waals surface area contributed by atoms with E-state index >= 15 is 0 Å². The van der Waals surface area contributed by atoms with Crippen molar-refractivity contribution in [3.8, 4) is 22.6 Å². The van der Waals surface area contributed by atoms with Crippen molar-refractivity contribution >= 4 is 0 Å². The summed E-state index contributed by atoms with van der Waals surface area (Å²) >= 11 is 0. The standard InChI is InChI=1S/C24H24FNO2/c1-26-23(21-14-11-17-5-4-8-22(27-2)24(17)28-21)19-7-3-6-18(15-19)16-9-12-20(25)13-10-16/h3-10,12-13,15,21,23,26H,11,14H2,1-2H3/t21-,23?/m0/s1. The van der Waals surface area contributed by atoms with E-state index in [-0.39, 0.29) is 18.0 Å². The van der Waals surface area contributed by atoms with Gasteiger partial charge in [0, 0.05) is 0 Å². The number of rotatable bonds is 5. The normalized spacial score (nSPS) is 16.8. The minimum absolute atomic E-state index is 0.00253. The van der Waals surface area contributed by atoms with Crippen molar-refractivity contribution in [3.63, 3.8) is 0 Å². The van der Waals surface area contributed by atoms with Crippen LogP contribution in [-0.2, 0) is 6.42 Å². The average Bonchev–Trinajstić information content (AvgIpc) is 2.74. The highest BCUT2D eigenvalue weighted by Gasteiger charge is 2.29. The molecular formula is C24H24FNO2. The van der Waals surface area contributed by atoms with Crippen molar-refractivity contribution in [1.82, 2.24) is 5.32 Å². The highest BCUT2D eigenvalue weighted by molar-refractivity contribution is 5.64. The molecular weight excluding hydrogens is 353 g/mol.